The number of nitrogens with zero attached hydrogens (tertiary/aromatic N) is 5. The fraction of sp³-hybridized carbons (Fsp3) is 0.318. The zero-order chi connectivity index (χ0) is 22.5. The van der Waals surface area contributed by atoms with Crippen LogP contribution >= 0.6 is 12.4 Å². The Bertz CT molecular complexity index is 1070. The highest BCUT2D eigenvalue weighted by Gasteiger charge is 2.25. The molecule has 0 aliphatic carbocycles. The highest BCUT2D eigenvalue weighted by atomic mass is 35.5. The Hall–Kier alpha value is -3.53. The van der Waals surface area contributed by atoms with Crippen molar-refractivity contribution in [1.82, 2.24) is 25.3 Å². The van der Waals surface area contributed by atoms with Gasteiger partial charge in [0.1, 0.15) is 23.3 Å². The highest BCUT2D eigenvalue weighted by molar-refractivity contribution is 5.85. The fourth-order valence-electron chi connectivity index (χ4n) is 3.62. The summed E-state index contributed by atoms with van der Waals surface area (Å²) >= 11 is 0. The molecule has 1 saturated heterocycles. The van der Waals surface area contributed by atoms with E-state index in [1.807, 2.05) is 13.0 Å². The molecule has 1 amide bonds. The van der Waals surface area contributed by atoms with Crippen LogP contribution in [0.3, 0.4) is 0 Å². The molecular formula is C22H26ClFN8O. The molecule has 9 nitrogen and oxygen atoms in total. The largest absolute Gasteiger partial charge is 0.354 e. The maximum Gasteiger partial charge on any atom is 0.227 e. The van der Waals surface area contributed by atoms with Crippen LogP contribution in [-0.4, -0.2) is 45.0 Å². The van der Waals surface area contributed by atoms with E-state index in [0.717, 1.165) is 24.3 Å². The predicted octanol–water partition coefficient (Wildman–Crippen LogP) is 3.46. The maximum absolute atomic E-state index is 13.3. The molecule has 0 radical (unpaired) electrons. The number of nitrogens with one attached hydrogen (secondary N) is 3. The summed E-state index contributed by atoms with van der Waals surface area (Å²) in [6, 6.07) is 8.10. The van der Waals surface area contributed by atoms with Crippen molar-refractivity contribution < 1.29 is 9.18 Å². The lowest BCUT2D eigenvalue weighted by Gasteiger charge is -2.21. The molecule has 3 heterocycles. The first-order chi connectivity index (χ1) is 15.5. The second-order valence-electron chi connectivity index (χ2n) is 7.70. The van der Waals surface area contributed by atoms with Gasteiger partial charge < -0.3 is 20.9 Å². The Morgan fingerprint density at radius 3 is 2.67 bits per heavy atom. The van der Waals surface area contributed by atoms with Gasteiger partial charge in [-0.15, -0.1) is 12.4 Å². The molecule has 2 atom stereocenters. The molecule has 2 aromatic heterocycles. The van der Waals surface area contributed by atoms with Gasteiger partial charge in [-0.25, -0.2) is 9.37 Å². The van der Waals surface area contributed by atoms with Crippen molar-refractivity contribution in [2.24, 2.45) is 0 Å². The molecule has 1 aliphatic heterocycles. The zero-order valence-electron chi connectivity index (χ0n) is 18.3. The molecule has 33 heavy (non-hydrogen) atoms. The Labute approximate surface area is 197 Å². The molecule has 0 unspecified atom stereocenters. The van der Waals surface area contributed by atoms with E-state index in [1.54, 1.807) is 30.7 Å². The first kappa shape index (κ1) is 24.1. The van der Waals surface area contributed by atoms with E-state index in [1.165, 1.54) is 19.1 Å². The third-order valence-corrected chi connectivity index (χ3v) is 5.17. The molecule has 1 fully saturated rings. The standard InChI is InChI=1S/C22H25FN8O.ClH/c1-14(16-3-5-17(23)6-4-16)26-22-29-19(28-20-12-24-8-9-25-20)11-21(30-22)31-10-7-18(13-31)27-15(2)32;/h3-6,8-9,11-12,14,18H,7,10,13H2,1-2H3,(H,27,32)(H2,25,26,28,29,30);1H/t14-,18-;/m0./s1. The summed E-state index contributed by atoms with van der Waals surface area (Å²) in [7, 11) is 0. The quantitative estimate of drug-likeness (QED) is 0.480. The minimum absolute atomic E-state index is 0. The monoisotopic (exact) mass is 472 g/mol. The van der Waals surface area contributed by atoms with Crippen LogP contribution < -0.4 is 20.9 Å². The first-order valence-corrected chi connectivity index (χ1v) is 10.4. The SMILES string of the molecule is CC(=O)N[C@H]1CCN(c2cc(Nc3cnccn3)nc(N[C@@H](C)c3ccc(F)cc3)n2)C1.Cl. The van der Waals surface area contributed by atoms with E-state index in [2.05, 4.69) is 35.8 Å². The molecule has 174 valence electrons. The second kappa shape index (κ2) is 10.9. The molecule has 1 aliphatic rings. The van der Waals surface area contributed by atoms with Crippen LogP contribution in [-0.2, 0) is 4.79 Å². The lowest BCUT2D eigenvalue weighted by atomic mass is 10.1. The number of aromatic nitrogens is 4. The molecular weight excluding hydrogens is 447 g/mol. The van der Waals surface area contributed by atoms with Crippen LogP contribution in [0, 0.1) is 5.82 Å². The van der Waals surface area contributed by atoms with Crippen molar-refractivity contribution >= 4 is 41.7 Å². The molecule has 11 heteroatoms. The second-order valence-corrected chi connectivity index (χ2v) is 7.70. The van der Waals surface area contributed by atoms with Crippen LogP contribution in [0.15, 0.2) is 48.9 Å². The number of carbonyl (C=O) groups is 1. The van der Waals surface area contributed by atoms with Gasteiger partial charge in [0.05, 0.1) is 12.2 Å². The number of amides is 1. The number of hydrogen-bond donors (Lipinski definition) is 3. The predicted molar refractivity (Wildman–Crippen MR) is 127 cm³/mol. The number of benzene rings is 1. The third kappa shape index (κ3) is 6.48. The topological polar surface area (TPSA) is 108 Å². The summed E-state index contributed by atoms with van der Waals surface area (Å²) in [5.41, 5.74) is 0.913. The average Bonchev–Trinajstić information content (AvgIpc) is 3.22. The maximum atomic E-state index is 13.3. The Balaban J connectivity index is 0.00000306. The summed E-state index contributed by atoms with van der Waals surface area (Å²) in [4.78, 5) is 31.1. The van der Waals surface area contributed by atoms with Gasteiger partial charge in [0.15, 0.2) is 0 Å². The van der Waals surface area contributed by atoms with Gasteiger partial charge in [0.25, 0.3) is 0 Å². The van der Waals surface area contributed by atoms with Gasteiger partial charge in [-0.2, -0.15) is 9.97 Å². The van der Waals surface area contributed by atoms with Crippen molar-refractivity contribution in [3.8, 4) is 0 Å². The van der Waals surface area contributed by atoms with Crippen molar-refractivity contribution in [3.63, 3.8) is 0 Å². The van der Waals surface area contributed by atoms with Gasteiger partial charge in [-0.05, 0) is 31.0 Å². The molecule has 0 bridgehead atoms. The van der Waals surface area contributed by atoms with Gasteiger partial charge >= 0.3 is 0 Å². The van der Waals surface area contributed by atoms with Gasteiger partial charge in [-0.1, -0.05) is 12.1 Å². The average molecular weight is 473 g/mol. The molecule has 3 N–H and O–H groups in total. The molecule has 0 saturated carbocycles. The van der Waals surface area contributed by atoms with Crippen molar-refractivity contribution in [3.05, 3.63) is 60.3 Å². The smallest absolute Gasteiger partial charge is 0.227 e. The van der Waals surface area contributed by atoms with E-state index >= 15 is 0 Å². The summed E-state index contributed by atoms with van der Waals surface area (Å²) in [5, 5.41) is 9.42. The first-order valence-electron chi connectivity index (χ1n) is 10.4. The summed E-state index contributed by atoms with van der Waals surface area (Å²) in [5.74, 6) is 1.96. The third-order valence-electron chi connectivity index (χ3n) is 5.17. The summed E-state index contributed by atoms with van der Waals surface area (Å²) in [6.07, 6.45) is 5.64. The minimum Gasteiger partial charge on any atom is -0.354 e. The number of carbonyl (C=O) groups excluding carboxylic acids is 1. The van der Waals surface area contributed by atoms with Gasteiger partial charge in [0.2, 0.25) is 11.9 Å². The van der Waals surface area contributed by atoms with E-state index < -0.39 is 0 Å². The van der Waals surface area contributed by atoms with Crippen LogP contribution in [0.25, 0.3) is 0 Å². The fourth-order valence-corrected chi connectivity index (χ4v) is 3.62. The lowest BCUT2D eigenvalue weighted by Crippen LogP contribution is -2.35. The summed E-state index contributed by atoms with van der Waals surface area (Å²) in [6.45, 7) is 4.91. The van der Waals surface area contributed by atoms with Crippen LogP contribution in [0.5, 0.6) is 0 Å². The molecule has 1 aromatic carbocycles. The number of hydrogen-bond acceptors (Lipinski definition) is 8. The Kier molecular flexibility index (Phi) is 7.94. The lowest BCUT2D eigenvalue weighted by molar-refractivity contribution is -0.119. The molecule has 3 aromatic rings. The van der Waals surface area contributed by atoms with Gasteiger partial charge in [0, 0.05) is 44.5 Å². The van der Waals surface area contributed by atoms with Crippen molar-refractivity contribution in [1.29, 1.82) is 0 Å². The van der Waals surface area contributed by atoms with E-state index in [9.17, 15) is 9.18 Å². The van der Waals surface area contributed by atoms with E-state index in [0.29, 0.717) is 24.1 Å². The summed E-state index contributed by atoms with van der Waals surface area (Å²) < 4.78 is 13.3. The van der Waals surface area contributed by atoms with Gasteiger partial charge in [-0.3, -0.25) is 9.78 Å². The number of anilines is 4. The molecule has 0 spiro atoms. The van der Waals surface area contributed by atoms with Crippen LogP contribution in [0.2, 0.25) is 0 Å². The molecule has 4 rings (SSSR count). The van der Waals surface area contributed by atoms with Crippen molar-refractivity contribution in [2.75, 3.05) is 28.6 Å². The Morgan fingerprint density at radius 1 is 1.18 bits per heavy atom. The van der Waals surface area contributed by atoms with Crippen LogP contribution in [0.4, 0.5) is 27.8 Å². The Morgan fingerprint density at radius 2 is 1.97 bits per heavy atom. The highest BCUT2D eigenvalue weighted by Crippen LogP contribution is 2.26. The van der Waals surface area contributed by atoms with E-state index in [4.69, 9.17) is 4.98 Å². The number of rotatable bonds is 7. The van der Waals surface area contributed by atoms with E-state index in [-0.39, 0.29) is 36.2 Å². The number of halogens is 2. The van der Waals surface area contributed by atoms with Crippen molar-refractivity contribution in [2.45, 2.75) is 32.4 Å². The minimum atomic E-state index is -0.280. The van der Waals surface area contributed by atoms with Crippen LogP contribution in [0.1, 0.15) is 31.9 Å². The zero-order valence-corrected chi connectivity index (χ0v) is 19.1. The normalized spacial score (nSPS) is 16.0.